The number of nitrogens with two attached hydrogens (primary N) is 1. The van der Waals surface area contributed by atoms with E-state index in [1.54, 1.807) is 12.1 Å². The summed E-state index contributed by atoms with van der Waals surface area (Å²) in [6.45, 7) is 3.45. The highest BCUT2D eigenvalue weighted by molar-refractivity contribution is 6.00. The van der Waals surface area contributed by atoms with Gasteiger partial charge in [-0.15, -0.1) is 0 Å². The van der Waals surface area contributed by atoms with Crippen molar-refractivity contribution >= 4 is 11.5 Å². The summed E-state index contributed by atoms with van der Waals surface area (Å²) in [5.74, 6) is -0.0975. The van der Waals surface area contributed by atoms with Crippen LogP contribution in [0.2, 0.25) is 0 Å². The molecule has 16 heavy (non-hydrogen) atoms. The van der Waals surface area contributed by atoms with Crippen molar-refractivity contribution in [1.82, 2.24) is 5.32 Å². The zero-order valence-corrected chi connectivity index (χ0v) is 8.51. The van der Waals surface area contributed by atoms with Crippen LogP contribution in [0, 0.1) is 15.5 Å². The van der Waals surface area contributed by atoms with Crippen molar-refractivity contribution in [3.05, 3.63) is 52.6 Å². The quantitative estimate of drug-likeness (QED) is 0.176. The lowest BCUT2D eigenvalue weighted by Gasteiger charge is -2.11. The molecule has 0 aliphatic carbocycles. The molecule has 0 saturated carbocycles. The van der Waals surface area contributed by atoms with Gasteiger partial charge < -0.3 is 11.1 Å². The molecule has 1 unspecified atom stereocenters. The molecule has 0 aliphatic heterocycles. The number of amidine groups is 1. The van der Waals surface area contributed by atoms with E-state index in [0.29, 0.717) is 0 Å². The number of benzene rings is 1. The summed E-state index contributed by atoms with van der Waals surface area (Å²) in [6.07, 6.45) is 0.802. The van der Waals surface area contributed by atoms with Gasteiger partial charge in [0.2, 0.25) is 0 Å². The highest BCUT2D eigenvalue weighted by atomic mass is 16.6. The average Bonchev–Trinajstić information content (AvgIpc) is 2.28. The fraction of sp³-hybridized carbons (Fsp3) is 0.100. The van der Waals surface area contributed by atoms with E-state index >= 15 is 0 Å². The van der Waals surface area contributed by atoms with Gasteiger partial charge in [0.1, 0.15) is 5.84 Å². The van der Waals surface area contributed by atoms with E-state index in [-0.39, 0.29) is 17.1 Å². The van der Waals surface area contributed by atoms with E-state index in [4.69, 9.17) is 11.1 Å². The highest BCUT2D eigenvalue weighted by Crippen LogP contribution is 2.17. The molecule has 0 aliphatic rings. The Morgan fingerprint density at radius 2 is 2.25 bits per heavy atom. The number of nitrogens with one attached hydrogen (secondary N) is 2. The number of rotatable bonds is 4. The lowest BCUT2D eigenvalue weighted by atomic mass is 10.1. The van der Waals surface area contributed by atoms with Gasteiger partial charge in [0, 0.05) is 6.07 Å². The lowest BCUT2D eigenvalue weighted by Crippen LogP contribution is -2.39. The minimum atomic E-state index is -0.604. The number of nitro benzene ring substituents is 1. The molecular weight excluding hydrogens is 208 g/mol. The Balaban J connectivity index is 2.99. The molecule has 0 fully saturated rings. The molecule has 0 radical (unpaired) electrons. The first kappa shape index (κ1) is 11.9. The molecule has 84 valence electrons. The van der Waals surface area contributed by atoms with Crippen molar-refractivity contribution < 1.29 is 4.92 Å². The van der Waals surface area contributed by atoms with Crippen LogP contribution < -0.4 is 11.1 Å². The Hall–Kier alpha value is -2.21. The zero-order valence-electron chi connectivity index (χ0n) is 8.51. The summed E-state index contributed by atoms with van der Waals surface area (Å²) in [4.78, 5) is 10.2. The van der Waals surface area contributed by atoms with Gasteiger partial charge in [0.15, 0.2) is 0 Å². The van der Waals surface area contributed by atoms with Gasteiger partial charge in [-0.3, -0.25) is 15.5 Å². The molecule has 0 amide bonds. The van der Waals surface area contributed by atoms with E-state index in [2.05, 4.69) is 11.9 Å². The van der Waals surface area contributed by atoms with Crippen LogP contribution in [0.1, 0.15) is 5.56 Å². The van der Waals surface area contributed by atoms with Crippen molar-refractivity contribution in [3.63, 3.8) is 0 Å². The van der Waals surface area contributed by atoms with E-state index in [0.717, 1.165) is 0 Å². The molecule has 0 saturated heterocycles. The van der Waals surface area contributed by atoms with Crippen LogP contribution in [0.3, 0.4) is 0 Å². The van der Waals surface area contributed by atoms with Crippen LogP contribution in [0.25, 0.3) is 0 Å². The molecule has 0 bridgehead atoms. The highest BCUT2D eigenvalue weighted by Gasteiger charge is 2.16. The number of hydrogen-bond acceptors (Lipinski definition) is 4. The third-order valence-corrected chi connectivity index (χ3v) is 1.94. The standard InChI is InChI=1S/C10H12N4O2/c1-2-9(11)13-10(12)7-5-3-4-6-8(7)14(15)16/h2-6,9H,1,11H2,(H2,12,13). The van der Waals surface area contributed by atoms with Gasteiger partial charge in [-0.2, -0.15) is 0 Å². The Labute approximate surface area is 92.4 Å². The summed E-state index contributed by atoms with van der Waals surface area (Å²) in [7, 11) is 0. The van der Waals surface area contributed by atoms with Crippen molar-refractivity contribution in [2.75, 3.05) is 0 Å². The Kier molecular flexibility index (Phi) is 3.73. The number of para-hydroxylation sites is 1. The average molecular weight is 220 g/mol. The predicted octanol–water partition coefficient (Wildman–Crippen LogP) is 0.981. The lowest BCUT2D eigenvalue weighted by molar-refractivity contribution is -0.385. The summed E-state index contributed by atoms with van der Waals surface area (Å²) in [6, 6.07) is 5.99. The molecule has 1 aromatic rings. The molecular formula is C10H12N4O2. The smallest absolute Gasteiger partial charge is 0.280 e. The number of nitro groups is 1. The van der Waals surface area contributed by atoms with E-state index in [9.17, 15) is 10.1 Å². The predicted molar refractivity (Wildman–Crippen MR) is 61.2 cm³/mol. The Bertz CT molecular complexity index is 431. The fourth-order valence-corrected chi connectivity index (χ4v) is 1.15. The Morgan fingerprint density at radius 3 is 2.81 bits per heavy atom. The van der Waals surface area contributed by atoms with Crippen LogP contribution in [-0.4, -0.2) is 16.9 Å². The molecule has 4 N–H and O–H groups in total. The molecule has 6 nitrogen and oxygen atoms in total. The monoisotopic (exact) mass is 220 g/mol. The molecule has 0 aromatic heterocycles. The summed E-state index contributed by atoms with van der Waals surface area (Å²) in [5.41, 5.74) is 5.57. The topological polar surface area (TPSA) is 105 Å². The van der Waals surface area contributed by atoms with Crippen LogP contribution >= 0.6 is 0 Å². The van der Waals surface area contributed by atoms with Crippen molar-refractivity contribution in [2.24, 2.45) is 5.73 Å². The first-order chi connectivity index (χ1) is 7.56. The number of nitrogens with zero attached hydrogens (tertiary/aromatic N) is 1. The van der Waals surface area contributed by atoms with E-state index in [1.165, 1.54) is 18.2 Å². The van der Waals surface area contributed by atoms with Crippen LogP contribution in [-0.2, 0) is 0 Å². The maximum absolute atomic E-state index is 10.7. The van der Waals surface area contributed by atoms with Crippen molar-refractivity contribution in [1.29, 1.82) is 5.41 Å². The third kappa shape index (κ3) is 2.64. The normalized spacial score (nSPS) is 11.6. The first-order valence-electron chi connectivity index (χ1n) is 4.53. The van der Waals surface area contributed by atoms with Gasteiger partial charge in [0.05, 0.1) is 16.7 Å². The van der Waals surface area contributed by atoms with Gasteiger partial charge in [0.25, 0.3) is 5.69 Å². The zero-order chi connectivity index (χ0) is 12.1. The second-order valence-corrected chi connectivity index (χ2v) is 3.06. The van der Waals surface area contributed by atoms with Gasteiger partial charge in [-0.1, -0.05) is 24.8 Å². The molecule has 6 heteroatoms. The molecule has 0 spiro atoms. The van der Waals surface area contributed by atoms with Crippen LogP contribution in [0.4, 0.5) is 5.69 Å². The van der Waals surface area contributed by atoms with E-state index in [1.807, 2.05) is 0 Å². The summed E-state index contributed by atoms with van der Waals surface area (Å²) in [5, 5.41) is 20.9. The van der Waals surface area contributed by atoms with Crippen molar-refractivity contribution in [2.45, 2.75) is 6.17 Å². The summed E-state index contributed by atoms with van der Waals surface area (Å²) < 4.78 is 0. The van der Waals surface area contributed by atoms with E-state index < -0.39 is 11.1 Å². The number of hydrogen-bond donors (Lipinski definition) is 3. The SMILES string of the molecule is C=CC(N)NC(=N)c1ccccc1[N+](=O)[O-]. The maximum atomic E-state index is 10.7. The van der Waals surface area contributed by atoms with Gasteiger partial charge >= 0.3 is 0 Å². The largest absolute Gasteiger partial charge is 0.351 e. The van der Waals surface area contributed by atoms with Crippen molar-refractivity contribution in [3.8, 4) is 0 Å². The molecule has 1 aromatic carbocycles. The van der Waals surface area contributed by atoms with Gasteiger partial charge in [-0.05, 0) is 6.07 Å². The molecule has 1 atom stereocenters. The van der Waals surface area contributed by atoms with Crippen LogP contribution in [0.15, 0.2) is 36.9 Å². The fourth-order valence-electron chi connectivity index (χ4n) is 1.15. The van der Waals surface area contributed by atoms with Crippen LogP contribution in [0.5, 0.6) is 0 Å². The third-order valence-electron chi connectivity index (χ3n) is 1.94. The first-order valence-corrected chi connectivity index (χ1v) is 4.53. The molecule has 0 heterocycles. The second kappa shape index (κ2) is 5.04. The maximum Gasteiger partial charge on any atom is 0.280 e. The Morgan fingerprint density at radius 1 is 1.62 bits per heavy atom. The molecule has 1 rings (SSSR count). The summed E-state index contributed by atoms with van der Waals surface area (Å²) >= 11 is 0. The second-order valence-electron chi connectivity index (χ2n) is 3.06. The minimum absolute atomic E-state index is 0.0975. The minimum Gasteiger partial charge on any atom is -0.351 e. The van der Waals surface area contributed by atoms with Gasteiger partial charge in [-0.25, -0.2) is 0 Å².